The second-order valence-electron chi connectivity index (χ2n) is 4.84. The predicted molar refractivity (Wildman–Crippen MR) is 66.8 cm³/mol. The molecule has 1 saturated carbocycles. The van der Waals surface area contributed by atoms with Gasteiger partial charge in [0.2, 0.25) is 0 Å². The molecule has 1 aliphatic rings. The van der Waals surface area contributed by atoms with Gasteiger partial charge in [0.05, 0.1) is 0 Å². The molecule has 0 aliphatic heterocycles. The SMILES string of the molecule is CN(C)C1CCCC(Oc2ccccc2)C1. The minimum Gasteiger partial charge on any atom is -0.490 e. The Morgan fingerprint density at radius 3 is 2.56 bits per heavy atom. The second-order valence-corrected chi connectivity index (χ2v) is 4.84. The standard InChI is InChI=1S/C14H21NO/c1-15(2)12-7-6-10-14(11-12)16-13-8-4-3-5-9-13/h3-5,8-9,12,14H,6-7,10-11H2,1-2H3. The van der Waals surface area contributed by atoms with Crippen LogP contribution in [0.5, 0.6) is 5.75 Å². The highest BCUT2D eigenvalue weighted by molar-refractivity contribution is 5.21. The van der Waals surface area contributed by atoms with Crippen LogP contribution in [-0.4, -0.2) is 31.1 Å². The Kier molecular flexibility index (Phi) is 3.83. The maximum Gasteiger partial charge on any atom is 0.119 e. The third-order valence-corrected chi connectivity index (χ3v) is 3.37. The first-order valence-electron chi connectivity index (χ1n) is 6.14. The van der Waals surface area contributed by atoms with Crippen molar-refractivity contribution in [2.45, 2.75) is 37.8 Å². The molecule has 2 unspecified atom stereocenters. The molecule has 2 nitrogen and oxygen atoms in total. The molecule has 0 N–H and O–H groups in total. The lowest BCUT2D eigenvalue weighted by atomic mass is 9.92. The van der Waals surface area contributed by atoms with Gasteiger partial charge in [0.1, 0.15) is 11.9 Å². The first-order valence-corrected chi connectivity index (χ1v) is 6.14. The Labute approximate surface area is 98.2 Å². The van der Waals surface area contributed by atoms with Crippen molar-refractivity contribution in [1.29, 1.82) is 0 Å². The zero-order valence-corrected chi connectivity index (χ0v) is 10.2. The number of rotatable bonds is 3. The molecule has 0 radical (unpaired) electrons. The normalized spacial score (nSPS) is 25.7. The fraction of sp³-hybridized carbons (Fsp3) is 0.571. The molecule has 88 valence electrons. The van der Waals surface area contributed by atoms with Crippen molar-refractivity contribution in [2.75, 3.05) is 14.1 Å². The van der Waals surface area contributed by atoms with Crippen LogP contribution >= 0.6 is 0 Å². The summed E-state index contributed by atoms with van der Waals surface area (Å²) in [5.74, 6) is 1.01. The van der Waals surface area contributed by atoms with E-state index in [4.69, 9.17) is 4.74 Å². The van der Waals surface area contributed by atoms with E-state index in [-0.39, 0.29) is 0 Å². The van der Waals surface area contributed by atoms with Crippen LogP contribution in [0.25, 0.3) is 0 Å². The number of benzene rings is 1. The van der Waals surface area contributed by atoms with Crippen LogP contribution in [0.1, 0.15) is 25.7 Å². The summed E-state index contributed by atoms with van der Waals surface area (Å²) in [6, 6.07) is 10.8. The summed E-state index contributed by atoms with van der Waals surface area (Å²) in [5.41, 5.74) is 0. The van der Waals surface area contributed by atoms with Crippen LogP contribution in [0.3, 0.4) is 0 Å². The van der Waals surface area contributed by atoms with Crippen molar-refractivity contribution in [3.05, 3.63) is 30.3 Å². The van der Waals surface area contributed by atoms with Gasteiger partial charge in [-0.3, -0.25) is 0 Å². The molecular formula is C14H21NO. The van der Waals surface area contributed by atoms with E-state index in [0.29, 0.717) is 12.1 Å². The fourth-order valence-electron chi connectivity index (χ4n) is 2.39. The third kappa shape index (κ3) is 2.99. The maximum absolute atomic E-state index is 6.01. The fourth-order valence-corrected chi connectivity index (χ4v) is 2.39. The number of hydrogen-bond acceptors (Lipinski definition) is 2. The third-order valence-electron chi connectivity index (χ3n) is 3.37. The van der Waals surface area contributed by atoms with E-state index >= 15 is 0 Å². The van der Waals surface area contributed by atoms with E-state index in [1.165, 1.54) is 19.3 Å². The molecule has 2 heteroatoms. The largest absolute Gasteiger partial charge is 0.490 e. The highest BCUT2D eigenvalue weighted by atomic mass is 16.5. The van der Waals surface area contributed by atoms with Crippen LogP contribution in [0, 0.1) is 0 Å². The molecule has 1 aliphatic carbocycles. The molecule has 2 rings (SSSR count). The molecule has 2 atom stereocenters. The van der Waals surface area contributed by atoms with E-state index < -0.39 is 0 Å². The zero-order chi connectivity index (χ0) is 11.4. The molecule has 0 amide bonds. The van der Waals surface area contributed by atoms with Gasteiger partial charge in [0.25, 0.3) is 0 Å². The molecule has 1 aromatic carbocycles. The molecule has 0 saturated heterocycles. The van der Waals surface area contributed by atoms with E-state index in [1.54, 1.807) is 0 Å². The number of ether oxygens (including phenoxy) is 1. The molecule has 16 heavy (non-hydrogen) atoms. The van der Waals surface area contributed by atoms with Crippen LogP contribution in [-0.2, 0) is 0 Å². The lowest BCUT2D eigenvalue weighted by molar-refractivity contribution is 0.100. The lowest BCUT2D eigenvalue weighted by Crippen LogP contribution is -2.37. The summed E-state index contributed by atoms with van der Waals surface area (Å²) in [7, 11) is 4.32. The summed E-state index contributed by atoms with van der Waals surface area (Å²) in [6.07, 6.45) is 5.33. The van der Waals surface area contributed by atoms with Crippen molar-refractivity contribution in [1.82, 2.24) is 4.90 Å². The zero-order valence-electron chi connectivity index (χ0n) is 10.2. The summed E-state index contributed by atoms with van der Waals surface area (Å²) < 4.78 is 6.01. The van der Waals surface area contributed by atoms with Gasteiger partial charge in [-0.05, 0) is 51.9 Å². The van der Waals surface area contributed by atoms with Gasteiger partial charge in [-0.15, -0.1) is 0 Å². The molecule has 0 heterocycles. The molecule has 0 aromatic heterocycles. The van der Waals surface area contributed by atoms with E-state index in [9.17, 15) is 0 Å². The Morgan fingerprint density at radius 1 is 1.12 bits per heavy atom. The lowest BCUT2D eigenvalue weighted by Gasteiger charge is -2.33. The minimum atomic E-state index is 0.392. The van der Waals surface area contributed by atoms with Crippen LogP contribution in [0.15, 0.2) is 30.3 Å². The Bertz CT molecular complexity index is 310. The Balaban J connectivity index is 1.90. The van der Waals surface area contributed by atoms with Crippen LogP contribution < -0.4 is 4.74 Å². The number of para-hydroxylation sites is 1. The summed E-state index contributed by atoms with van der Waals surface area (Å²) in [4.78, 5) is 2.32. The van der Waals surface area contributed by atoms with Gasteiger partial charge < -0.3 is 9.64 Å². The Hall–Kier alpha value is -1.02. The molecule has 1 fully saturated rings. The average molecular weight is 219 g/mol. The van der Waals surface area contributed by atoms with Gasteiger partial charge in [-0.2, -0.15) is 0 Å². The molecule has 0 spiro atoms. The van der Waals surface area contributed by atoms with Gasteiger partial charge in [0.15, 0.2) is 0 Å². The van der Waals surface area contributed by atoms with Gasteiger partial charge in [0, 0.05) is 6.04 Å². The highest BCUT2D eigenvalue weighted by Gasteiger charge is 2.24. The quantitative estimate of drug-likeness (QED) is 0.775. The van der Waals surface area contributed by atoms with Gasteiger partial charge in [-0.25, -0.2) is 0 Å². The predicted octanol–water partition coefficient (Wildman–Crippen LogP) is 2.94. The Morgan fingerprint density at radius 2 is 1.88 bits per heavy atom. The topological polar surface area (TPSA) is 12.5 Å². The van der Waals surface area contributed by atoms with Crippen molar-refractivity contribution in [3.63, 3.8) is 0 Å². The van der Waals surface area contributed by atoms with E-state index in [2.05, 4.69) is 19.0 Å². The van der Waals surface area contributed by atoms with Crippen molar-refractivity contribution in [2.24, 2.45) is 0 Å². The first kappa shape index (κ1) is 11.5. The second kappa shape index (κ2) is 5.35. The average Bonchev–Trinajstić information content (AvgIpc) is 2.30. The maximum atomic E-state index is 6.01. The number of nitrogens with zero attached hydrogens (tertiary/aromatic N) is 1. The highest BCUT2D eigenvalue weighted by Crippen LogP contribution is 2.25. The van der Waals surface area contributed by atoms with E-state index in [0.717, 1.165) is 12.2 Å². The smallest absolute Gasteiger partial charge is 0.119 e. The van der Waals surface area contributed by atoms with Crippen molar-refractivity contribution < 1.29 is 4.74 Å². The summed E-state index contributed by atoms with van der Waals surface area (Å²) >= 11 is 0. The number of hydrogen-bond donors (Lipinski definition) is 0. The van der Waals surface area contributed by atoms with Crippen molar-refractivity contribution >= 4 is 0 Å². The van der Waals surface area contributed by atoms with Crippen LogP contribution in [0.4, 0.5) is 0 Å². The first-order chi connectivity index (χ1) is 7.75. The molecular weight excluding hydrogens is 198 g/mol. The summed E-state index contributed by atoms with van der Waals surface area (Å²) in [6.45, 7) is 0. The van der Waals surface area contributed by atoms with E-state index in [1.807, 2.05) is 30.3 Å². The van der Waals surface area contributed by atoms with Crippen LogP contribution in [0.2, 0.25) is 0 Å². The molecule has 0 bridgehead atoms. The monoisotopic (exact) mass is 219 g/mol. The van der Waals surface area contributed by atoms with Crippen molar-refractivity contribution in [3.8, 4) is 5.75 Å². The molecule has 1 aromatic rings. The van der Waals surface area contributed by atoms with Gasteiger partial charge in [-0.1, -0.05) is 18.2 Å². The summed E-state index contributed by atoms with van der Waals surface area (Å²) in [5, 5.41) is 0. The minimum absolute atomic E-state index is 0.392. The van der Waals surface area contributed by atoms with Gasteiger partial charge >= 0.3 is 0 Å².